The van der Waals surface area contributed by atoms with Crippen molar-refractivity contribution in [2.45, 2.75) is 31.8 Å². The summed E-state index contributed by atoms with van der Waals surface area (Å²) in [5, 5.41) is 4.09. The van der Waals surface area contributed by atoms with Crippen LogP contribution >= 0.6 is 0 Å². The van der Waals surface area contributed by atoms with Crippen molar-refractivity contribution in [1.82, 2.24) is 10.1 Å². The van der Waals surface area contributed by atoms with Gasteiger partial charge in [0, 0.05) is 13.5 Å². The van der Waals surface area contributed by atoms with Crippen LogP contribution in [0.2, 0.25) is 0 Å². The molecule has 0 aliphatic heterocycles. The van der Waals surface area contributed by atoms with E-state index < -0.39 is 0 Å². The Morgan fingerprint density at radius 1 is 1.33 bits per heavy atom. The fraction of sp³-hybridized carbons (Fsp3) is 0.500. The van der Waals surface area contributed by atoms with Gasteiger partial charge < -0.3 is 15.0 Å². The zero-order valence-corrected chi connectivity index (χ0v) is 12.3. The lowest BCUT2D eigenvalue weighted by molar-refractivity contribution is 0.125. The molecule has 3 rings (SSSR count). The maximum atomic E-state index is 5.89. The molecule has 0 amide bonds. The summed E-state index contributed by atoms with van der Waals surface area (Å²) in [6, 6.07) is 9.91. The molecular weight excluding hydrogens is 266 g/mol. The second-order valence-electron chi connectivity index (χ2n) is 5.81. The van der Waals surface area contributed by atoms with Crippen LogP contribution < -0.4 is 5.73 Å². The second kappa shape index (κ2) is 5.95. The molecule has 1 heterocycles. The van der Waals surface area contributed by atoms with E-state index in [0.717, 1.165) is 24.8 Å². The van der Waals surface area contributed by atoms with Crippen LogP contribution in [-0.4, -0.2) is 23.8 Å². The van der Waals surface area contributed by atoms with Crippen LogP contribution in [0.4, 0.5) is 0 Å². The van der Waals surface area contributed by atoms with E-state index in [-0.39, 0.29) is 11.5 Å². The van der Waals surface area contributed by atoms with E-state index in [1.54, 1.807) is 7.11 Å². The molecule has 1 atom stereocenters. The molecule has 1 saturated carbocycles. The first-order chi connectivity index (χ1) is 10.3. The Kier molecular flexibility index (Phi) is 4.03. The van der Waals surface area contributed by atoms with Gasteiger partial charge in [0.2, 0.25) is 11.7 Å². The number of rotatable bonds is 6. The summed E-state index contributed by atoms with van der Waals surface area (Å²) in [5.41, 5.74) is 7.07. The van der Waals surface area contributed by atoms with Gasteiger partial charge in [-0.25, -0.2) is 0 Å². The molecule has 0 bridgehead atoms. The number of nitrogens with two attached hydrogens (primary N) is 1. The Bertz CT molecular complexity index is 573. The third-order valence-corrected chi connectivity index (χ3v) is 4.43. The standard InChI is InChI=1S/C16H21N3O2/c1-20-14(12-6-3-2-4-7-12)15-18-13(21-19-15)10-16(11-17)8-5-9-16/h2-4,6-7,14H,5,8-11,17H2,1H3. The van der Waals surface area contributed by atoms with E-state index in [0.29, 0.717) is 18.3 Å². The van der Waals surface area contributed by atoms with E-state index in [9.17, 15) is 0 Å². The van der Waals surface area contributed by atoms with Crippen LogP contribution in [0.25, 0.3) is 0 Å². The van der Waals surface area contributed by atoms with Gasteiger partial charge in [-0.3, -0.25) is 0 Å². The molecule has 5 heteroatoms. The molecule has 1 unspecified atom stereocenters. The summed E-state index contributed by atoms with van der Waals surface area (Å²) in [6.07, 6.45) is 4.00. The van der Waals surface area contributed by atoms with Crippen molar-refractivity contribution in [3.8, 4) is 0 Å². The average Bonchev–Trinajstić information content (AvgIpc) is 2.93. The van der Waals surface area contributed by atoms with Gasteiger partial charge >= 0.3 is 0 Å². The highest BCUT2D eigenvalue weighted by Gasteiger charge is 2.37. The number of hydrogen-bond donors (Lipinski definition) is 1. The highest BCUT2D eigenvalue weighted by molar-refractivity contribution is 5.22. The zero-order valence-electron chi connectivity index (χ0n) is 12.3. The Morgan fingerprint density at radius 3 is 2.67 bits per heavy atom. The molecule has 1 aromatic heterocycles. The Morgan fingerprint density at radius 2 is 2.10 bits per heavy atom. The van der Waals surface area contributed by atoms with E-state index in [1.165, 1.54) is 6.42 Å². The molecule has 112 valence electrons. The first-order valence-corrected chi connectivity index (χ1v) is 7.37. The number of hydrogen-bond acceptors (Lipinski definition) is 5. The maximum absolute atomic E-state index is 5.89. The van der Waals surface area contributed by atoms with Gasteiger partial charge in [-0.1, -0.05) is 41.9 Å². The lowest BCUT2D eigenvalue weighted by atomic mass is 9.67. The Hall–Kier alpha value is -1.72. The molecule has 2 aromatic rings. The first kappa shape index (κ1) is 14.2. The van der Waals surface area contributed by atoms with Crippen molar-refractivity contribution in [2.75, 3.05) is 13.7 Å². The van der Waals surface area contributed by atoms with Gasteiger partial charge in [0.15, 0.2) is 0 Å². The molecule has 1 aliphatic carbocycles. The minimum atomic E-state index is -0.293. The van der Waals surface area contributed by atoms with Crippen molar-refractivity contribution < 1.29 is 9.26 Å². The van der Waals surface area contributed by atoms with Crippen LogP contribution in [0.15, 0.2) is 34.9 Å². The number of benzene rings is 1. The quantitative estimate of drug-likeness (QED) is 0.883. The highest BCUT2D eigenvalue weighted by atomic mass is 16.5. The summed E-state index contributed by atoms with van der Waals surface area (Å²) in [6.45, 7) is 0.678. The van der Waals surface area contributed by atoms with Crippen molar-refractivity contribution in [3.63, 3.8) is 0 Å². The van der Waals surface area contributed by atoms with Gasteiger partial charge in [0.05, 0.1) is 0 Å². The molecule has 1 fully saturated rings. The zero-order chi connectivity index (χ0) is 14.7. The summed E-state index contributed by atoms with van der Waals surface area (Å²) < 4.78 is 10.9. The molecule has 0 saturated heterocycles. The van der Waals surface area contributed by atoms with Crippen molar-refractivity contribution in [2.24, 2.45) is 11.1 Å². The number of aromatic nitrogens is 2. The molecule has 0 spiro atoms. The van der Waals surface area contributed by atoms with E-state index >= 15 is 0 Å². The first-order valence-electron chi connectivity index (χ1n) is 7.37. The molecule has 5 nitrogen and oxygen atoms in total. The second-order valence-corrected chi connectivity index (χ2v) is 5.81. The summed E-state index contributed by atoms with van der Waals surface area (Å²) in [7, 11) is 1.65. The van der Waals surface area contributed by atoms with Crippen LogP contribution in [0.3, 0.4) is 0 Å². The fourth-order valence-corrected chi connectivity index (χ4v) is 2.92. The normalized spacial score (nSPS) is 18.2. The Labute approximate surface area is 124 Å². The number of nitrogens with zero attached hydrogens (tertiary/aromatic N) is 2. The molecule has 1 aromatic carbocycles. The highest BCUT2D eigenvalue weighted by Crippen LogP contribution is 2.42. The Balaban J connectivity index is 1.77. The molecular formula is C16H21N3O2. The van der Waals surface area contributed by atoms with Crippen LogP contribution in [0.1, 0.15) is 42.6 Å². The fourth-order valence-electron chi connectivity index (χ4n) is 2.92. The van der Waals surface area contributed by atoms with Gasteiger partial charge in [-0.15, -0.1) is 0 Å². The lowest BCUT2D eigenvalue weighted by Crippen LogP contribution is -2.39. The molecule has 21 heavy (non-hydrogen) atoms. The predicted molar refractivity (Wildman–Crippen MR) is 78.6 cm³/mol. The minimum absolute atomic E-state index is 0.166. The third-order valence-electron chi connectivity index (χ3n) is 4.43. The minimum Gasteiger partial charge on any atom is -0.369 e. The maximum Gasteiger partial charge on any atom is 0.227 e. The summed E-state index contributed by atoms with van der Waals surface area (Å²) in [4.78, 5) is 4.51. The van der Waals surface area contributed by atoms with Crippen LogP contribution in [-0.2, 0) is 11.2 Å². The van der Waals surface area contributed by atoms with Gasteiger partial charge in [-0.05, 0) is 30.4 Å². The summed E-state index contributed by atoms with van der Waals surface area (Å²) >= 11 is 0. The average molecular weight is 287 g/mol. The number of ether oxygens (including phenoxy) is 1. The van der Waals surface area contributed by atoms with Gasteiger partial charge in [0.1, 0.15) is 6.10 Å². The largest absolute Gasteiger partial charge is 0.369 e. The summed E-state index contributed by atoms with van der Waals surface area (Å²) in [5.74, 6) is 1.23. The van der Waals surface area contributed by atoms with Gasteiger partial charge in [-0.2, -0.15) is 4.98 Å². The third kappa shape index (κ3) is 2.84. The monoisotopic (exact) mass is 287 g/mol. The van der Waals surface area contributed by atoms with E-state index in [2.05, 4.69) is 10.1 Å². The molecule has 1 aliphatic rings. The molecule has 0 radical (unpaired) electrons. The van der Waals surface area contributed by atoms with E-state index in [4.69, 9.17) is 15.0 Å². The number of methoxy groups -OCH3 is 1. The van der Waals surface area contributed by atoms with Crippen molar-refractivity contribution in [3.05, 3.63) is 47.6 Å². The van der Waals surface area contributed by atoms with E-state index in [1.807, 2.05) is 30.3 Å². The van der Waals surface area contributed by atoms with Gasteiger partial charge in [0.25, 0.3) is 0 Å². The lowest BCUT2D eigenvalue weighted by Gasteiger charge is -2.39. The SMILES string of the molecule is COC(c1ccccc1)c1noc(CC2(CN)CCC2)n1. The van der Waals surface area contributed by atoms with Crippen molar-refractivity contribution >= 4 is 0 Å². The van der Waals surface area contributed by atoms with Crippen molar-refractivity contribution in [1.29, 1.82) is 0 Å². The smallest absolute Gasteiger partial charge is 0.227 e. The van der Waals surface area contributed by atoms with Crippen LogP contribution in [0, 0.1) is 5.41 Å². The predicted octanol–water partition coefficient (Wildman–Crippen LogP) is 2.48. The molecule has 2 N–H and O–H groups in total. The topological polar surface area (TPSA) is 74.2 Å². The van der Waals surface area contributed by atoms with Crippen LogP contribution in [0.5, 0.6) is 0 Å².